The molecule has 2 rings (SSSR count). The molecule has 0 aliphatic rings. The molecule has 0 amide bonds. The van der Waals surface area contributed by atoms with E-state index in [-0.39, 0.29) is 12.0 Å². The van der Waals surface area contributed by atoms with Gasteiger partial charge < -0.3 is 16.2 Å². The van der Waals surface area contributed by atoms with Gasteiger partial charge in [0.15, 0.2) is 0 Å². The normalized spacial score (nSPS) is 12.0. The Kier molecular flexibility index (Phi) is 4.50. The lowest BCUT2D eigenvalue weighted by Crippen LogP contribution is -2.23. The second-order valence-electron chi connectivity index (χ2n) is 5.98. The van der Waals surface area contributed by atoms with Gasteiger partial charge in [-0.3, -0.25) is 0 Å². The van der Waals surface area contributed by atoms with Crippen LogP contribution in [0.25, 0.3) is 10.2 Å². The molecule has 0 bridgehead atoms. The Morgan fingerprint density at radius 1 is 1.40 bits per heavy atom. The Morgan fingerprint density at radius 3 is 2.85 bits per heavy atom. The first-order valence-electron chi connectivity index (χ1n) is 6.93. The highest BCUT2D eigenvalue weighted by Gasteiger charge is 2.17. The Hall–Kier alpha value is -1.33. The van der Waals surface area contributed by atoms with Crippen molar-refractivity contribution in [2.75, 3.05) is 24.2 Å². The topological polar surface area (TPSA) is 71.2 Å². The predicted octanol–water partition coefficient (Wildman–Crippen LogP) is 3.40. The van der Waals surface area contributed by atoms with Crippen molar-refractivity contribution in [2.45, 2.75) is 33.6 Å². The van der Waals surface area contributed by atoms with Crippen LogP contribution in [0.2, 0.25) is 0 Å². The van der Waals surface area contributed by atoms with Gasteiger partial charge in [0.2, 0.25) is 0 Å². The number of nitrogens with one attached hydrogen (secondary N) is 1. The largest absolute Gasteiger partial charge is 0.397 e. The van der Waals surface area contributed by atoms with Gasteiger partial charge in [0.1, 0.15) is 0 Å². The number of anilines is 2. The van der Waals surface area contributed by atoms with E-state index in [1.807, 2.05) is 19.1 Å². The summed E-state index contributed by atoms with van der Waals surface area (Å²) in [5.74, 6) is 0. The van der Waals surface area contributed by atoms with Crippen molar-refractivity contribution in [2.24, 2.45) is 5.41 Å². The maximum atomic E-state index is 8.93. The second kappa shape index (κ2) is 5.97. The molecule has 5 heteroatoms. The molecule has 2 aromatic rings. The molecule has 1 aromatic carbocycles. The number of hydrogen-bond acceptors (Lipinski definition) is 5. The van der Waals surface area contributed by atoms with Gasteiger partial charge in [-0.2, -0.15) is 0 Å². The lowest BCUT2D eigenvalue weighted by molar-refractivity contribution is 0.248. The van der Waals surface area contributed by atoms with Crippen LogP contribution >= 0.6 is 11.3 Å². The van der Waals surface area contributed by atoms with Gasteiger partial charge in [-0.15, -0.1) is 11.3 Å². The number of rotatable bonds is 6. The van der Waals surface area contributed by atoms with Gasteiger partial charge in [-0.05, 0) is 37.3 Å². The minimum absolute atomic E-state index is 0.127. The number of aliphatic hydroxyl groups is 1. The Balaban J connectivity index is 2.11. The van der Waals surface area contributed by atoms with Gasteiger partial charge >= 0.3 is 0 Å². The average molecular weight is 293 g/mol. The van der Waals surface area contributed by atoms with Crippen molar-refractivity contribution >= 4 is 32.9 Å². The zero-order valence-electron chi connectivity index (χ0n) is 12.4. The number of nitrogens with two attached hydrogens (primary N) is 1. The van der Waals surface area contributed by atoms with E-state index in [1.165, 1.54) is 0 Å². The van der Waals surface area contributed by atoms with Crippen LogP contribution in [0.5, 0.6) is 0 Å². The van der Waals surface area contributed by atoms with E-state index in [9.17, 15) is 0 Å². The molecule has 4 N–H and O–H groups in total. The van der Waals surface area contributed by atoms with Gasteiger partial charge in [0, 0.05) is 13.2 Å². The fraction of sp³-hybridized carbons (Fsp3) is 0.533. The molecule has 0 spiro atoms. The van der Waals surface area contributed by atoms with Crippen LogP contribution in [-0.4, -0.2) is 23.2 Å². The van der Waals surface area contributed by atoms with Gasteiger partial charge in [0.25, 0.3) is 0 Å². The Bertz CT molecular complexity index is 592. The fourth-order valence-corrected chi connectivity index (χ4v) is 3.10. The van der Waals surface area contributed by atoms with Crippen molar-refractivity contribution in [3.63, 3.8) is 0 Å². The zero-order chi connectivity index (χ0) is 14.8. The molecule has 0 fully saturated rings. The summed E-state index contributed by atoms with van der Waals surface area (Å²) in [6.45, 7) is 7.46. The minimum atomic E-state index is 0.127. The molecule has 1 heterocycles. The summed E-state index contributed by atoms with van der Waals surface area (Å²) in [6, 6.07) is 4.01. The highest BCUT2D eigenvalue weighted by Crippen LogP contribution is 2.31. The molecule has 20 heavy (non-hydrogen) atoms. The quantitative estimate of drug-likeness (QED) is 0.714. The van der Waals surface area contributed by atoms with E-state index in [1.54, 1.807) is 11.3 Å². The number of nitrogen functional groups attached to an aromatic ring is 1. The molecule has 0 aliphatic heterocycles. The molecular formula is C15H23N3OS. The summed E-state index contributed by atoms with van der Waals surface area (Å²) in [5.41, 5.74) is 8.93. The first-order valence-corrected chi connectivity index (χ1v) is 7.74. The second-order valence-corrected chi connectivity index (χ2v) is 7.22. The summed E-state index contributed by atoms with van der Waals surface area (Å²) in [6.07, 6.45) is 1.81. The molecular weight excluding hydrogens is 270 g/mol. The van der Waals surface area contributed by atoms with Crippen LogP contribution in [-0.2, 0) is 0 Å². The van der Waals surface area contributed by atoms with Crippen molar-refractivity contribution in [1.82, 2.24) is 4.98 Å². The number of aliphatic hydroxyl groups excluding tert-OH is 1. The third-order valence-electron chi connectivity index (χ3n) is 3.44. The minimum Gasteiger partial charge on any atom is -0.397 e. The summed E-state index contributed by atoms with van der Waals surface area (Å²) in [7, 11) is 0. The fourth-order valence-electron chi connectivity index (χ4n) is 2.24. The maximum absolute atomic E-state index is 8.93. The lowest BCUT2D eigenvalue weighted by Gasteiger charge is -2.25. The number of aromatic nitrogens is 1. The maximum Gasteiger partial charge on any atom is 0.0907 e. The number of hydrogen-bond donors (Lipinski definition) is 3. The average Bonchev–Trinajstić information content (AvgIpc) is 2.73. The smallest absolute Gasteiger partial charge is 0.0907 e. The number of thiazole rings is 1. The third kappa shape index (κ3) is 3.61. The number of nitrogens with zero attached hydrogens (tertiary/aromatic N) is 1. The SMILES string of the molecule is Cc1nc2cc(NCC(C)(C)CCCO)c(N)cc2s1. The van der Waals surface area contributed by atoms with Crippen molar-refractivity contribution in [3.05, 3.63) is 17.1 Å². The molecule has 1 aromatic heterocycles. The van der Waals surface area contributed by atoms with E-state index in [4.69, 9.17) is 10.8 Å². The molecule has 0 saturated heterocycles. The first kappa shape index (κ1) is 15.1. The van der Waals surface area contributed by atoms with Crippen LogP contribution in [0.3, 0.4) is 0 Å². The van der Waals surface area contributed by atoms with Crippen molar-refractivity contribution < 1.29 is 5.11 Å². The zero-order valence-corrected chi connectivity index (χ0v) is 13.2. The van der Waals surface area contributed by atoms with Crippen LogP contribution in [0.1, 0.15) is 31.7 Å². The summed E-state index contributed by atoms with van der Waals surface area (Å²) in [4.78, 5) is 4.50. The number of benzene rings is 1. The number of fused-ring (bicyclic) bond motifs is 1. The van der Waals surface area contributed by atoms with Gasteiger partial charge in [0.05, 0.1) is 26.6 Å². The van der Waals surface area contributed by atoms with E-state index < -0.39 is 0 Å². The van der Waals surface area contributed by atoms with E-state index in [0.717, 1.165) is 46.0 Å². The van der Waals surface area contributed by atoms with Crippen LogP contribution in [0.4, 0.5) is 11.4 Å². The van der Waals surface area contributed by atoms with E-state index >= 15 is 0 Å². The van der Waals surface area contributed by atoms with Crippen molar-refractivity contribution in [1.29, 1.82) is 0 Å². The van der Waals surface area contributed by atoms with Crippen LogP contribution in [0.15, 0.2) is 12.1 Å². The summed E-state index contributed by atoms with van der Waals surface area (Å²) < 4.78 is 1.13. The lowest BCUT2D eigenvalue weighted by atomic mass is 9.88. The monoisotopic (exact) mass is 293 g/mol. The van der Waals surface area contributed by atoms with Crippen molar-refractivity contribution in [3.8, 4) is 0 Å². The molecule has 110 valence electrons. The molecule has 0 unspecified atom stereocenters. The number of aryl methyl sites for hydroxylation is 1. The van der Waals surface area contributed by atoms with E-state index in [0.29, 0.717) is 0 Å². The highest BCUT2D eigenvalue weighted by atomic mass is 32.1. The summed E-state index contributed by atoms with van der Waals surface area (Å²) in [5, 5.41) is 13.4. The molecule has 0 radical (unpaired) electrons. The highest BCUT2D eigenvalue weighted by molar-refractivity contribution is 7.18. The van der Waals surface area contributed by atoms with Crippen LogP contribution in [0, 0.1) is 12.3 Å². The standard InChI is InChI=1S/C15H23N3OS/c1-10-18-13-8-12(11(16)7-14(13)20-10)17-9-15(2,3)5-4-6-19/h7-8,17,19H,4-6,9,16H2,1-3H3. The van der Waals surface area contributed by atoms with Gasteiger partial charge in [-0.25, -0.2) is 4.98 Å². The molecule has 0 atom stereocenters. The molecule has 0 aliphatic carbocycles. The Labute approximate surface area is 124 Å². The van der Waals surface area contributed by atoms with Crippen LogP contribution < -0.4 is 11.1 Å². The molecule has 4 nitrogen and oxygen atoms in total. The Morgan fingerprint density at radius 2 is 2.15 bits per heavy atom. The predicted molar refractivity (Wildman–Crippen MR) is 87.4 cm³/mol. The third-order valence-corrected chi connectivity index (χ3v) is 4.37. The molecule has 0 saturated carbocycles. The van der Waals surface area contributed by atoms with Gasteiger partial charge in [-0.1, -0.05) is 13.8 Å². The summed E-state index contributed by atoms with van der Waals surface area (Å²) >= 11 is 1.66. The first-order chi connectivity index (χ1) is 9.41. The van der Waals surface area contributed by atoms with E-state index in [2.05, 4.69) is 24.1 Å².